The van der Waals surface area contributed by atoms with Crippen LogP contribution in [0.2, 0.25) is 37.9 Å². The van der Waals surface area contributed by atoms with Crippen molar-refractivity contribution in [3.8, 4) is 0 Å². The zero-order valence-corrected chi connectivity index (χ0v) is 63.7. The standard InChI is InChI=1S/C16H25BN2O4.2C11H23BN2O4.2C10H21BN2O4.C9H19BN2O4/c18-16(15(20)21)10-14(9-13(16)7-4-8-17(22)23)19-11-12-5-2-1-3-6-12;1-14(2)9-6-8(4-3-5-12(17)18)11(13,7-9)10(15)16;13-5-3-8-6-9(2-1-4-12(17)18)11(14,7-8)10(15)16;2*12-6-7-4-8(2-1-3-11(16)17)10(13,5-7)9(14)15;11-7-4-6(2-1-3-10(15)16)9(12,5-7)8(13)14/h1-3,5-6,13-14,19,22-23H,4,7-11,18H2,(H,20,21);8-9,17-18H,3-7,13H2,1-2H3,(H,15,16);8-9,17-18H,1-7,13-14H2,(H,15,16);2*7-8,16-17H,1-6,12-13H2,(H,14,15);6-7,15-16H,1-5,11-12H2,(H,13,14)/t13-,14-,16-;2*8-,9-,11-;7-,8+,10+;7-,8-,10-;6-,7-,9-/m000100/s1. The fourth-order valence-electron chi connectivity index (χ4n) is 17.0. The van der Waals surface area contributed by atoms with Gasteiger partial charge in [-0.1, -0.05) is 68.9 Å². The normalized spacial score (nSPS) is 31.4. The molecule has 6 aliphatic carbocycles. The largest absolute Gasteiger partial charge is 0.480 e. The molecule has 0 amide bonds. The monoisotopic (exact) mass is 1560 g/mol. The van der Waals surface area contributed by atoms with Crippen molar-refractivity contribution in [1.29, 1.82) is 0 Å². The van der Waals surface area contributed by atoms with Crippen molar-refractivity contribution in [2.75, 3.05) is 33.7 Å². The van der Waals surface area contributed by atoms with Gasteiger partial charge in [0.05, 0.1) is 0 Å². The number of aliphatic carboxylic acids is 6. The summed E-state index contributed by atoms with van der Waals surface area (Å²) in [6.45, 7) is 2.13. The number of rotatable bonds is 38. The average molecular weight is 1550 g/mol. The lowest BCUT2D eigenvalue weighted by molar-refractivity contribution is -0.145. The van der Waals surface area contributed by atoms with Crippen LogP contribution in [0.15, 0.2) is 30.3 Å². The van der Waals surface area contributed by atoms with Gasteiger partial charge < -0.3 is 158 Å². The van der Waals surface area contributed by atoms with E-state index in [1.54, 1.807) is 0 Å². The van der Waals surface area contributed by atoms with Crippen LogP contribution in [0.1, 0.15) is 166 Å². The summed E-state index contributed by atoms with van der Waals surface area (Å²) in [5, 5.41) is 164. The first-order valence-corrected chi connectivity index (χ1v) is 38.3. The van der Waals surface area contributed by atoms with Crippen LogP contribution >= 0.6 is 0 Å². The molecule has 622 valence electrons. The molecule has 1 aromatic rings. The van der Waals surface area contributed by atoms with Gasteiger partial charge in [-0.25, -0.2) is 0 Å². The van der Waals surface area contributed by atoms with Crippen molar-refractivity contribution in [3.05, 3.63) is 35.9 Å². The fraction of sp³-hybridized carbons (Fsp3) is 0.821. The minimum atomic E-state index is -1.35. The molecule has 109 heavy (non-hydrogen) atoms. The molecule has 6 aliphatic rings. The predicted octanol–water partition coefficient (Wildman–Crippen LogP) is -3.88. The second-order valence-electron chi connectivity index (χ2n) is 32.0. The summed E-state index contributed by atoms with van der Waals surface area (Å²) in [4.78, 5) is 69.8. The molecular formula is C67H132B6N12O24. The molecule has 18 atom stereocenters. The second kappa shape index (κ2) is 48.0. The lowest BCUT2D eigenvalue weighted by Gasteiger charge is -2.26. The van der Waals surface area contributed by atoms with Gasteiger partial charge in [0.1, 0.15) is 33.2 Å². The fourth-order valence-corrected chi connectivity index (χ4v) is 17.0. The molecular weight excluding hydrogens is 1420 g/mol. The lowest BCUT2D eigenvalue weighted by Crippen LogP contribution is -2.51. The highest BCUT2D eigenvalue weighted by molar-refractivity contribution is 6.42. The second-order valence-corrected chi connectivity index (χ2v) is 32.0. The van der Waals surface area contributed by atoms with Gasteiger partial charge in [0, 0.05) is 24.7 Å². The number of benzene rings is 1. The molecule has 0 aromatic heterocycles. The summed E-state index contributed by atoms with van der Waals surface area (Å²) in [6.07, 6.45) is 15.9. The van der Waals surface area contributed by atoms with E-state index in [0.29, 0.717) is 161 Å². The van der Waals surface area contributed by atoms with Crippen LogP contribution in [0.3, 0.4) is 0 Å². The molecule has 0 unspecified atom stereocenters. The smallest absolute Gasteiger partial charge is 0.451 e. The van der Waals surface area contributed by atoms with Crippen LogP contribution in [0, 0.1) is 53.3 Å². The quantitative estimate of drug-likeness (QED) is 0.0282. The number of hydrogen-bond donors (Lipinski definition) is 29. The molecule has 6 saturated carbocycles. The first kappa shape index (κ1) is 101. The predicted molar refractivity (Wildman–Crippen MR) is 414 cm³/mol. The van der Waals surface area contributed by atoms with E-state index >= 15 is 0 Å². The Hall–Kier alpha value is -4.53. The summed E-state index contributed by atoms with van der Waals surface area (Å²) < 4.78 is 0. The van der Waals surface area contributed by atoms with Crippen LogP contribution in [0.25, 0.3) is 0 Å². The number of nitrogens with zero attached hydrogens (tertiary/aromatic N) is 1. The topological polar surface area (TPSA) is 742 Å². The average Bonchev–Trinajstić information content (AvgIpc) is 1.68. The molecule has 0 bridgehead atoms. The highest BCUT2D eigenvalue weighted by atomic mass is 16.4. The van der Waals surface area contributed by atoms with Crippen molar-refractivity contribution in [2.24, 2.45) is 111 Å². The maximum Gasteiger partial charge on any atom is 0.451 e. The highest BCUT2D eigenvalue weighted by Crippen LogP contribution is 2.46. The van der Waals surface area contributed by atoms with E-state index < -0.39 is 112 Å². The Morgan fingerprint density at radius 1 is 0.385 bits per heavy atom. The number of carbonyl (C=O) groups is 6. The van der Waals surface area contributed by atoms with Gasteiger partial charge in [-0.05, 0) is 252 Å². The Kier molecular flexibility index (Phi) is 44.3. The molecule has 0 saturated heterocycles. The molecule has 7 rings (SSSR count). The first-order valence-electron chi connectivity index (χ1n) is 38.3. The Morgan fingerprint density at radius 3 is 0.963 bits per heavy atom. The zero-order chi connectivity index (χ0) is 83.0. The SMILES string of the molecule is CN(C)[C@H]1C[C@H](CCCB(O)O)[C@](N)(C(=O)O)C1.NCC[C@H]1C[C@H](CCCB(O)O)[C@](N)(C(=O)O)C1.NC[C@@H]1C[C@H](CCCB(O)O)[C@](N)(C(=O)O)C1.NC[C@H]1C[C@H](CCCB(O)O)[C@](N)(C(=O)O)C1.N[C@@]1(C(=O)O)C[C@@H](NCc2ccccc2)C[C@@H]1CCCB(O)O.N[C@H]1C[C@H](CCCB(O)O)[C@](N)(C(=O)O)C1. The van der Waals surface area contributed by atoms with Crippen LogP contribution < -0.4 is 62.7 Å². The van der Waals surface area contributed by atoms with E-state index in [0.717, 1.165) is 24.8 Å². The summed E-state index contributed by atoms with van der Waals surface area (Å²) in [6, 6.07) is 10.0. The van der Waals surface area contributed by atoms with E-state index in [4.69, 9.17) is 123 Å². The number of carboxylic acids is 6. The molecule has 0 aliphatic heterocycles. The van der Waals surface area contributed by atoms with Gasteiger partial charge in [0.25, 0.3) is 0 Å². The van der Waals surface area contributed by atoms with Crippen LogP contribution in [0.4, 0.5) is 0 Å². The Balaban J connectivity index is 0.000000446. The van der Waals surface area contributed by atoms with Gasteiger partial charge in [-0.3, -0.25) is 28.8 Å². The maximum absolute atomic E-state index is 11.6. The zero-order valence-electron chi connectivity index (χ0n) is 63.7. The molecule has 0 spiro atoms. The molecule has 6 fully saturated rings. The summed E-state index contributed by atoms with van der Waals surface area (Å²) in [5.74, 6) is -6.13. The minimum absolute atomic E-state index is 0.0559. The Morgan fingerprint density at radius 2 is 0.661 bits per heavy atom. The van der Waals surface area contributed by atoms with Gasteiger partial charge in [-0.15, -0.1) is 0 Å². The van der Waals surface area contributed by atoms with Crippen LogP contribution in [-0.4, -0.2) is 259 Å². The first-order chi connectivity index (χ1) is 50.7. The highest BCUT2D eigenvalue weighted by Gasteiger charge is 2.55. The van der Waals surface area contributed by atoms with Crippen molar-refractivity contribution in [1.82, 2.24) is 10.2 Å². The van der Waals surface area contributed by atoms with Gasteiger partial charge in [0.15, 0.2) is 0 Å². The number of nitrogens with one attached hydrogen (secondary N) is 1. The molecule has 1 aromatic carbocycles. The van der Waals surface area contributed by atoms with Crippen molar-refractivity contribution in [3.63, 3.8) is 0 Å². The molecule has 39 N–H and O–H groups in total. The van der Waals surface area contributed by atoms with Gasteiger partial charge >= 0.3 is 78.5 Å². The van der Waals surface area contributed by atoms with E-state index in [9.17, 15) is 54.3 Å². The van der Waals surface area contributed by atoms with E-state index in [1.165, 1.54) is 0 Å². The molecule has 0 heterocycles. The van der Waals surface area contributed by atoms with Crippen molar-refractivity contribution < 1.29 is 120 Å². The number of nitrogens with two attached hydrogens (primary N) is 10. The molecule has 36 nitrogen and oxygen atoms in total. The third-order valence-electron chi connectivity index (χ3n) is 23.5. The van der Waals surface area contributed by atoms with E-state index in [2.05, 4.69) is 5.32 Å². The van der Waals surface area contributed by atoms with Crippen molar-refractivity contribution in [2.45, 2.75) is 256 Å². The lowest BCUT2D eigenvalue weighted by atomic mass is 9.78. The Bertz CT molecular complexity index is 2810. The van der Waals surface area contributed by atoms with Gasteiger partial charge in [-0.2, -0.15) is 0 Å². The third kappa shape index (κ3) is 32.4. The van der Waals surface area contributed by atoms with Gasteiger partial charge in [0.2, 0.25) is 0 Å². The van der Waals surface area contributed by atoms with Crippen LogP contribution in [-0.2, 0) is 35.3 Å². The van der Waals surface area contributed by atoms with Crippen LogP contribution in [0.5, 0.6) is 0 Å². The summed E-state index contributed by atoms with van der Waals surface area (Å²) in [5.41, 5.74) is 52.2. The summed E-state index contributed by atoms with van der Waals surface area (Å²) >= 11 is 0. The van der Waals surface area contributed by atoms with E-state index in [1.807, 2.05) is 49.3 Å². The molecule has 0 radical (unpaired) electrons. The summed E-state index contributed by atoms with van der Waals surface area (Å²) in [7, 11) is -4.17. The Labute approximate surface area is 642 Å². The number of carboxylic acid groups (broad SMARTS) is 6. The number of hydrogen-bond acceptors (Lipinski definition) is 30. The minimum Gasteiger partial charge on any atom is -0.480 e. The third-order valence-corrected chi connectivity index (χ3v) is 23.5. The molecule has 42 heteroatoms. The van der Waals surface area contributed by atoms with E-state index in [-0.39, 0.29) is 116 Å². The maximum atomic E-state index is 11.6. The van der Waals surface area contributed by atoms with Crippen molar-refractivity contribution >= 4 is 78.5 Å².